The van der Waals surface area contributed by atoms with Crippen LogP contribution in [0.2, 0.25) is 0 Å². The van der Waals surface area contributed by atoms with Crippen LogP contribution in [0.4, 0.5) is 13.2 Å². The molecule has 136 valence electrons. The number of ketones is 1. The van der Waals surface area contributed by atoms with E-state index in [0.717, 1.165) is 24.8 Å². The van der Waals surface area contributed by atoms with Crippen LogP contribution >= 0.6 is 0 Å². The summed E-state index contributed by atoms with van der Waals surface area (Å²) < 4.78 is 37.0. The normalized spacial score (nSPS) is 11.7. The van der Waals surface area contributed by atoms with Crippen molar-refractivity contribution in [3.8, 4) is 0 Å². The largest absolute Gasteiger partial charge is 0.454 e. The Balaban J connectivity index is 2.12. The van der Waals surface area contributed by atoms with E-state index >= 15 is 0 Å². The molecule has 4 heteroatoms. The van der Waals surface area contributed by atoms with E-state index in [0.29, 0.717) is 0 Å². The molecule has 0 spiro atoms. The Kier molecular flexibility index (Phi) is 9.73. The van der Waals surface area contributed by atoms with E-state index in [-0.39, 0.29) is 5.56 Å². The minimum atomic E-state index is -4.79. The zero-order valence-electron chi connectivity index (χ0n) is 14.6. The van der Waals surface area contributed by atoms with Gasteiger partial charge >= 0.3 is 6.18 Å². The molecule has 1 nitrogen and oxygen atoms in total. The Morgan fingerprint density at radius 3 is 1.71 bits per heavy atom. The molecule has 0 atom stereocenters. The molecule has 0 aromatic heterocycles. The number of alkyl halides is 3. The predicted octanol–water partition coefficient (Wildman–Crippen LogP) is 6.90. The third-order valence-corrected chi connectivity index (χ3v) is 4.29. The lowest BCUT2D eigenvalue weighted by Crippen LogP contribution is -2.22. The summed E-state index contributed by atoms with van der Waals surface area (Å²) in [6, 6.07) is 5.82. The molecule has 0 amide bonds. The molecule has 0 unspecified atom stereocenters. The van der Waals surface area contributed by atoms with Gasteiger partial charge in [0.25, 0.3) is 5.78 Å². The van der Waals surface area contributed by atoms with Crippen LogP contribution in [-0.2, 0) is 6.42 Å². The van der Waals surface area contributed by atoms with Gasteiger partial charge in [-0.1, -0.05) is 89.0 Å². The number of aryl methyl sites for hydroxylation is 1. The lowest BCUT2D eigenvalue weighted by Gasteiger charge is -2.06. The fourth-order valence-electron chi connectivity index (χ4n) is 2.80. The van der Waals surface area contributed by atoms with Crippen LogP contribution < -0.4 is 0 Å². The average molecular weight is 342 g/mol. The van der Waals surface area contributed by atoms with Crippen molar-refractivity contribution < 1.29 is 18.0 Å². The summed E-state index contributed by atoms with van der Waals surface area (Å²) in [5, 5.41) is 0. The molecule has 0 bridgehead atoms. The topological polar surface area (TPSA) is 17.1 Å². The third kappa shape index (κ3) is 8.51. The van der Waals surface area contributed by atoms with Gasteiger partial charge in [-0.2, -0.15) is 13.2 Å². The van der Waals surface area contributed by atoms with Gasteiger partial charge in [0.15, 0.2) is 0 Å². The summed E-state index contributed by atoms with van der Waals surface area (Å²) in [6.07, 6.45) is 8.70. The molecule has 0 fully saturated rings. The second kappa shape index (κ2) is 11.3. The minimum Gasteiger partial charge on any atom is -0.284 e. The molecule has 24 heavy (non-hydrogen) atoms. The maximum absolute atomic E-state index is 12.3. The Bertz CT molecular complexity index is 463. The number of hydrogen-bond donors (Lipinski definition) is 0. The standard InChI is InChI=1S/C20H29F3O/c1-2-3-4-5-6-7-8-9-10-11-12-17-13-15-18(16-14-17)19(24)20(21,22)23/h13-16H,2-12H2,1H3. The van der Waals surface area contributed by atoms with E-state index in [9.17, 15) is 18.0 Å². The van der Waals surface area contributed by atoms with Gasteiger partial charge in [-0.3, -0.25) is 4.79 Å². The van der Waals surface area contributed by atoms with Crippen LogP contribution in [0.5, 0.6) is 0 Å². The molecule has 1 aromatic rings. The molecule has 1 aromatic carbocycles. The van der Waals surface area contributed by atoms with Crippen molar-refractivity contribution in [1.82, 2.24) is 0 Å². The summed E-state index contributed by atoms with van der Waals surface area (Å²) in [7, 11) is 0. The summed E-state index contributed by atoms with van der Waals surface area (Å²) in [5.74, 6) is -1.77. The first-order chi connectivity index (χ1) is 11.4. The second-order valence-electron chi connectivity index (χ2n) is 6.46. The van der Waals surface area contributed by atoms with Gasteiger partial charge in [0.05, 0.1) is 0 Å². The molecule has 0 heterocycles. The maximum Gasteiger partial charge on any atom is 0.454 e. The number of carbonyl (C=O) groups excluding carboxylic acids is 1. The van der Waals surface area contributed by atoms with Gasteiger partial charge in [-0.05, 0) is 18.4 Å². The summed E-state index contributed by atoms with van der Waals surface area (Å²) >= 11 is 0. The molecule has 0 saturated carbocycles. The van der Waals surface area contributed by atoms with E-state index in [1.165, 1.54) is 63.5 Å². The molecular weight excluding hydrogens is 313 g/mol. The minimum absolute atomic E-state index is 0.283. The second-order valence-corrected chi connectivity index (χ2v) is 6.46. The van der Waals surface area contributed by atoms with Crippen molar-refractivity contribution in [3.05, 3.63) is 35.4 Å². The molecule has 0 N–H and O–H groups in total. The van der Waals surface area contributed by atoms with Crippen LogP contribution in [0.25, 0.3) is 0 Å². The smallest absolute Gasteiger partial charge is 0.284 e. The molecular formula is C20H29F3O. The molecule has 0 aliphatic heterocycles. The van der Waals surface area contributed by atoms with Crippen LogP contribution in [0.1, 0.15) is 87.1 Å². The number of unbranched alkanes of at least 4 members (excludes halogenated alkanes) is 9. The highest BCUT2D eigenvalue weighted by atomic mass is 19.4. The first-order valence-corrected chi connectivity index (χ1v) is 9.15. The molecule has 0 aliphatic rings. The van der Waals surface area contributed by atoms with Crippen LogP contribution in [0, 0.1) is 0 Å². The van der Waals surface area contributed by atoms with Gasteiger partial charge in [0.2, 0.25) is 0 Å². The molecule has 0 radical (unpaired) electrons. The lowest BCUT2D eigenvalue weighted by molar-refractivity contribution is -0.0885. The number of carbonyl (C=O) groups is 1. The predicted molar refractivity (Wildman–Crippen MR) is 92.4 cm³/mol. The number of halogens is 3. The first-order valence-electron chi connectivity index (χ1n) is 9.15. The van der Waals surface area contributed by atoms with Crippen molar-refractivity contribution in [1.29, 1.82) is 0 Å². The summed E-state index contributed by atoms with van der Waals surface area (Å²) in [4.78, 5) is 11.1. The van der Waals surface area contributed by atoms with Gasteiger partial charge in [0, 0.05) is 5.56 Å². The van der Waals surface area contributed by atoms with E-state index in [1.54, 1.807) is 12.1 Å². The van der Waals surface area contributed by atoms with Crippen molar-refractivity contribution >= 4 is 5.78 Å². The quantitative estimate of drug-likeness (QED) is 0.298. The van der Waals surface area contributed by atoms with E-state index < -0.39 is 12.0 Å². The monoisotopic (exact) mass is 342 g/mol. The molecule has 0 aliphatic carbocycles. The highest BCUT2D eigenvalue weighted by Crippen LogP contribution is 2.22. The zero-order chi connectivity index (χ0) is 17.8. The SMILES string of the molecule is CCCCCCCCCCCCc1ccc(C(=O)C(F)(F)F)cc1. The molecule has 0 saturated heterocycles. The van der Waals surface area contributed by atoms with E-state index in [4.69, 9.17) is 0 Å². The Labute approximate surface area is 143 Å². The van der Waals surface area contributed by atoms with Crippen LogP contribution in [0.15, 0.2) is 24.3 Å². The highest BCUT2D eigenvalue weighted by molar-refractivity contribution is 6.00. The van der Waals surface area contributed by atoms with Gasteiger partial charge in [-0.15, -0.1) is 0 Å². The Morgan fingerprint density at radius 2 is 1.25 bits per heavy atom. The van der Waals surface area contributed by atoms with Gasteiger partial charge in [-0.25, -0.2) is 0 Å². The average Bonchev–Trinajstić information content (AvgIpc) is 2.55. The number of benzene rings is 1. The van der Waals surface area contributed by atoms with Crippen molar-refractivity contribution in [2.24, 2.45) is 0 Å². The Morgan fingerprint density at radius 1 is 0.792 bits per heavy atom. The van der Waals surface area contributed by atoms with Crippen LogP contribution in [0.3, 0.4) is 0 Å². The van der Waals surface area contributed by atoms with E-state index in [2.05, 4.69) is 6.92 Å². The third-order valence-electron chi connectivity index (χ3n) is 4.29. The van der Waals surface area contributed by atoms with Gasteiger partial charge in [0.1, 0.15) is 0 Å². The summed E-state index contributed by atoms with van der Waals surface area (Å²) in [6.45, 7) is 2.22. The number of Topliss-reactive ketones (excluding diaryl/α,β-unsaturated/α-hetero) is 1. The fourth-order valence-corrected chi connectivity index (χ4v) is 2.80. The highest BCUT2D eigenvalue weighted by Gasteiger charge is 2.39. The zero-order valence-corrected chi connectivity index (χ0v) is 14.6. The van der Waals surface area contributed by atoms with E-state index in [1.807, 2.05) is 0 Å². The maximum atomic E-state index is 12.3. The summed E-state index contributed by atoms with van der Waals surface area (Å²) in [5.41, 5.74) is 0.711. The van der Waals surface area contributed by atoms with Gasteiger partial charge < -0.3 is 0 Å². The van der Waals surface area contributed by atoms with Crippen molar-refractivity contribution in [3.63, 3.8) is 0 Å². The van der Waals surface area contributed by atoms with Crippen molar-refractivity contribution in [2.75, 3.05) is 0 Å². The van der Waals surface area contributed by atoms with Crippen molar-refractivity contribution in [2.45, 2.75) is 83.7 Å². The first kappa shape index (κ1) is 20.7. The van der Waals surface area contributed by atoms with Crippen LogP contribution in [-0.4, -0.2) is 12.0 Å². The number of hydrogen-bond acceptors (Lipinski definition) is 1. The lowest BCUT2D eigenvalue weighted by atomic mass is 10.0. The molecule has 1 rings (SSSR count). The number of rotatable bonds is 12. The fraction of sp³-hybridized carbons (Fsp3) is 0.650. The Hall–Kier alpha value is -1.32.